The largest absolute Gasteiger partial charge is 0.368 e. The van der Waals surface area contributed by atoms with Gasteiger partial charge in [0.2, 0.25) is 5.91 Å². The fourth-order valence-corrected chi connectivity index (χ4v) is 3.37. The van der Waals surface area contributed by atoms with E-state index in [1.54, 1.807) is 0 Å². The standard InChI is InChI=1S/C17H21ClN4O3/c1-11-2-3-12(18)10-14(11)21-6-8-22(9-7-21)15(23)5-4-13-16(24)20-17(25)19-13/h2-3,10,13H,4-9H2,1H3,(H2,19,20,24,25)/t13-/m0/s1. The molecule has 3 rings (SSSR count). The van der Waals surface area contributed by atoms with Crippen LogP contribution in [0.25, 0.3) is 0 Å². The summed E-state index contributed by atoms with van der Waals surface area (Å²) in [5.41, 5.74) is 2.26. The minimum atomic E-state index is -0.605. The van der Waals surface area contributed by atoms with Crippen molar-refractivity contribution in [1.82, 2.24) is 15.5 Å². The Morgan fingerprint density at radius 3 is 2.60 bits per heavy atom. The first-order valence-corrected chi connectivity index (χ1v) is 8.72. The van der Waals surface area contributed by atoms with Gasteiger partial charge in [0.1, 0.15) is 6.04 Å². The molecule has 1 aromatic rings. The van der Waals surface area contributed by atoms with Crippen molar-refractivity contribution in [3.8, 4) is 0 Å². The number of anilines is 1. The van der Waals surface area contributed by atoms with Gasteiger partial charge in [0.15, 0.2) is 0 Å². The highest BCUT2D eigenvalue weighted by molar-refractivity contribution is 6.30. The number of piperazine rings is 1. The van der Waals surface area contributed by atoms with Gasteiger partial charge in [-0.05, 0) is 31.0 Å². The maximum Gasteiger partial charge on any atom is 0.322 e. The number of nitrogens with one attached hydrogen (secondary N) is 2. The van der Waals surface area contributed by atoms with Crippen molar-refractivity contribution in [3.63, 3.8) is 0 Å². The first-order valence-electron chi connectivity index (χ1n) is 8.34. The molecule has 8 heteroatoms. The van der Waals surface area contributed by atoms with E-state index in [0.717, 1.165) is 24.3 Å². The van der Waals surface area contributed by atoms with Gasteiger partial charge >= 0.3 is 6.03 Å². The lowest BCUT2D eigenvalue weighted by molar-refractivity contribution is -0.131. The maximum absolute atomic E-state index is 12.3. The number of benzene rings is 1. The number of carbonyl (C=O) groups excluding carboxylic acids is 3. The van der Waals surface area contributed by atoms with Crippen LogP contribution in [0.3, 0.4) is 0 Å². The molecule has 2 saturated heterocycles. The number of amides is 4. The summed E-state index contributed by atoms with van der Waals surface area (Å²) in [5.74, 6) is -0.351. The molecule has 1 atom stereocenters. The summed E-state index contributed by atoms with van der Waals surface area (Å²) < 4.78 is 0. The molecule has 7 nitrogen and oxygen atoms in total. The summed E-state index contributed by atoms with van der Waals surface area (Å²) in [4.78, 5) is 39.0. The smallest absolute Gasteiger partial charge is 0.322 e. The first kappa shape index (κ1) is 17.5. The quantitative estimate of drug-likeness (QED) is 0.789. The Hall–Kier alpha value is -2.28. The van der Waals surface area contributed by atoms with Gasteiger partial charge in [-0.2, -0.15) is 0 Å². The van der Waals surface area contributed by atoms with E-state index in [1.165, 1.54) is 0 Å². The van der Waals surface area contributed by atoms with Gasteiger partial charge in [0.25, 0.3) is 5.91 Å². The monoisotopic (exact) mass is 364 g/mol. The lowest BCUT2D eigenvalue weighted by Gasteiger charge is -2.37. The fraction of sp³-hybridized carbons (Fsp3) is 0.471. The summed E-state index contributed by atoms with van der Waals surface area (Å²) in [6.45, 7) is 4.80. The Morgan fingerprint density at radius 1 is 1.24 bits per heavy atom. The van der Waals surface area contributed by atoms with E-state index < -0.39 is 12.1 Å². The second kappa shape index (κ2) is 7.31. The van der Waals surface area contributed by atoms with Crippen molar-refractivity contribution in [2.75, 3.05) is 31.1 Å². The van der Waals surface area contributed by atoms with Crippen LogP contribution in [-0.2, 0) is 9.59 Å². The molecule has 0 bridgehead atoms. The van der Waals surface area contributed by atoms with Crippen LogP contribution in [-0.4, -0.2) is 55.0 Å². The minimum absolute atomic E-state index is 0.0106. The van der Waals surface area contributed by atoms with Crippen molar-refractivity contribution in [3.05, 3.63) is 28.8 Å². The lowest BCUT2D eigenvalue weighted by Crippen LogP contribution is -2.49. The molecule has 2 aliphatic rings. The molecule has 134 valence electrons. The molecule has 0 spiro atoms. The van der Waals surface area contributed by atoms with Crippen molar-refractivity contribution < 1.29 is 14.4 Å². The van der Waals surface area contributed by atoms with Gasteiger partial charge < -0.3 is 15.1 Å². The number of imide groups is 1. The minimum Gasteiger partial charge on any atom is -0.368 e. The highest BCUT2D eigenvalue weighted by Crippen LogP contribution is 2.25. The van der Waals surface area contributed by atoms with Crippen LogP contribution >= 0.6 is 11.6 Å². The molecular weight excluding hydrogens is 344 g/mol. The van der Waals surface area contributed by atoms with Crippen molar-refractivity contribution in [2.24, 2.45) is 0 Å². The van der Waals surface area contributed by atoms with Crippen LogP contribution in [0.1, 0.15) is 18.4 Å². The molecule has 1 aromatic carbocycles. The predicted octanol–water partition coefficient (Wildman–Crippen LogP) is 1.29. The molecule has 0 unspecified atom stereocenters. The lowest BCUT2D eigenvalue weighted by atomic mass is 10.1. The van der Waals surface area contributed by atoms with E-state index in [-0.39, 0.29) is 18.2 Å². The summed E-state index contributed by atoms with van der Waals surface area (Å²) in [7, 11) is 0. The molecule has 0 aliphatic carbocycles. The molecule has 25 heavy (non-hydrogen) atoms. The molecule has 4 amide bonds. The van der Waals surface area contributed by atoms with Gasteiger partial charge in [-0.3, -0.25) is 14.9 Å². The first-order chi connectivity index (χ1) is 11.9. The second-order valence-corrected chi connectivity index (χ2v) is 6.79. The highest BCUT2D eigenvalue weighted by Gasteiger charge is 2.30. The van der Waals surface area contributed by atoms with Crippen LogP contribution in [0.2, 0.25) is 5.02 Å². The number of aryl methyl sites for hydroxylation is 1. The van der Waals surface area contributed by atoms with E-state index >= 15 is 0 Å². The predicted molar refractivity (Wildman–Crippen MR) is 94.7 cm³/mol. The fourth-order valence-electron chi connectivity index (χ4n) is 3.21. The Bertz CT molecular complexity index is 701. The topological polar surface area (TPSA) is 81.8 Å². The van der Waals surface area contributed by atoms with Gasteiger partial charge in [-0.15, -0.1) is 0 Å². The van der Waals surface area contributed by atoms with Gasteiger partial charge in [-0.1, -0.05) is 17.7 Å². The summed E-state index contributed by atoms with van der Waals surface area (Å²) in [6, 6.07) is 4.73. The van der Waals surface area contributed by atoms with Crippen molar-refractivity contribution >= 4 is 35.1 Å². The zero-order valence-electron chi connectivity index (χ0n) is 14.0. The van der Waals surface area contributed by atoms with E-state index in [0.29, 0.717) is 24.5 Å². The van der Waals surface area contributed by atoms with Gasteiger partial charge in [-0.25, -0.2) is 4.79 Å². The number of urea groups is 1. The third-order valence-electron chi connectivity index (χ3n) is 4.65. The number of rotatable bonds is 4. The maximum atomic E-state index is 12.3. The van der Waals surface area contributed by atoms with E-state index in [1.807, 2.05) is 30.0 Å². The Morgan fingerprint density at radius 2 is 1.96 bits per heavy atom. The number of carbonyl (C=O) groups is 3. The van der Waals surface area contributed by atoms with Crippen LogP contribution in [0, 0.1) is 6.92 Å². The Labute approximate surface area is 151 Å². The average Bonchev–Trinajstić information content (AvgIpc) is 2.92. The number of halogens is 1. The summed E-state index contributed by atoms with van der Waals surface area (Å²) in [6.07, 6.45) is 0.568. The molecule has 0 radical (unpaired) electrons. The normalized spacial score (nSPS) is 20.5. The molecule has 0 saturated carbocycles. The van der Waals surface area contributed by atoms with Gasteiger partial charge in [0.05, 0.1) is 0 Å². The number of hydrogen-bond acceptors (Lipinski definition) is 4. The van der Waals surface area contributed by atoms with E-state index in [4.69, 9.17) is 11.6 Å². The summed E-state index contributed by atoms with van der Waals surface area (Å²) in [5, 5.41) is 5.39. The Kier molecular flexibility index (Phi) is 5.13. The Balaban J connectivity index is 1.50. The average molecular weight is 365 g/mol. The second-order valence-electron chi connectivity index (χ2n) is 6.35. The number of hydrogen-bond donors (Lipinski definition) is 2. The van der Waals surface area contributed by atoms with Crippen LogP contribution < -0.4 is 15.5 Å². The molecular formula is C17H21ClN4O3. The molecule has 0 aromatic heterocycles. The third kappa shape index (κ3) is 4.04. The van der Waals surface area contributed by atoms with Crippen LogP contribution in [0.15, 0.2) is 18.2 Å². The van der Waals surface area contributed by atoms with E-state index in [2.05, 4.69) is 15.5 Å². The highest BCUT2D eigenvalue weighted by atomic mass is 35.5. The van der Waals surface area contributed by atoms with Crippen LogP contribution in [0.5, 0.6) is 0 Å². The van der Waals surface area contributed by atoms with Crippen molar-refractivity contribution in [1.29, 1.82) is 0 Å². The van der Waals surface area contributed by atoms with Crippen LogP contribution in [0.4, 0.5) is 10.5 Å². The SMILES string of the molecule is Cc1ccc(Cl)cc1N1CCN(C(=O)CC[C@@H]2NC(=O)NC2=O)CC1. The zero-order valence-corrected chi connectivity index (χ0v) is 14.8. The van der Waals surface area contributed by atoms with Gasteiger partial charge in [0, 0.05) is 43.3 Å². The molecule has 2 heterocycles. The molecule has 2 N–H and O–H groups in total. The van der Waals surface area contributed by atoms with Crippen molar-refractivity contribution in [2.45, 2.75) is 25.8 Å². The zero-order chi connectivity index (χ0) is 18.0. The van der Waals surface area contributed by atoms with E-state index in [9.17, 15) is 14.4 Å². The molecule has 2 fully saturated rings. The third-order valence-corrected chi connectivity index (χ3v) is 4.88. The summed E-state index contributed by atoms with van der Waals surface area (Å²) >= 11 is 6.09. The molecule has 2 aliphatic heterocycles. The number of nitrogens with zero attached hydrogens (tertiary/aromatic N) is 2.